The lowest BCUT2D eigenvalue weighted by atomic mass is 10.2. The number of carbonyl (C=O) groups excluding carboxylic acids is 2. The van der Waals surface area contributed by atoms with Gasteiger partial charge in [-0.1, -0.05) is 0 Å². The summed E-state index contributed by atoms with van der Waals surface area (Å²) < 4.78 is 4.85. The van der Waals surface area contributed by atoms with Gasteiger partial charge < -0.3 is 15.6 Å². The first-order valence-corrected chi connectivity index (χ1v) is 4.81. The van der Waals surface area contributed by atoms with Crippen molar-refractivity contribution in [3.8, 4) is 5.75 Å². The van der Waals surface area contributed by atoms with Crippen LogP contribution in [0.15, 0.2) is 24.3 Å². The molecule has 0 saturated heterocycles. The van der Waals surface area contributed by atoms with E-state index < -0.39 is 17.8 Å². The van der Waals surface area contributed by atoms with Crippen LogP contribution in [0, 0.1) is 0 Å². The van der Waals surface area contributed by atoms with Crippen LogP contribution in [-0.2, 0) is 9.59 Å². The predicted octanol–water partition coefficient (Wildman–Crippen LogP) is 0.556. The van der Waals surface area contributed by atoms with Crippen molar-refractivity contribution in [2.24, 2.45) is 5.73 Å². The van der Waals surface area contributed by atoms with Crippen molar-refractivity contribution in [3.05, 3.63) is 29.8 Å². The van der Waals surface area contributed by atoms with Gasteiger partial charge in [-0.2, -0.15) is 0 Å². The van der Waals surface area contributed by atoms with E-state index in [0.29, 0.717) is 5.56 Å². The molecule has 0 aromatic heterocycles. The molecule has 0 saturated carbocycles. The topological polar surface area (TPSA) is 107 Å². The molecule has 90 valence electrons. The zero-order valence-electron chi connectivity index (χ0n) is 8.88. The van der Waals surface area contributed by atoms with E-state index in [2.05, 4.69) is 0 Å². The fourth-order valence-corrected chi connectivity index (χ4v) is 1.08. The minimum absolute atomic E-state index is 0.201. The Morgan fingerprint density at radius 3 is 2.18 bits per heavy atom. The monoisotopic (exact) mass is 237 g/mol. The standard InChI is InChI=1S/C11H11NO5/c12-11(16)7-1-3-8(4-2-7)17-10(15)6-5-9(13)14/h1-4H,5-6H2,(H2,12,16)(H,13,14). The maximum absolute atomic E-state index is 11.2. The highest BCUT2D eigenvalue weighted by molar-refractivity contribution is 5.92. The minimum Gasteiger partial charge on any atom is -0.481 e. The van der Waals surface area contributed by atoms with Crippen LogP contribution >= 0.6 is 0 Å². The molecule has 0 fully saturated rings. The third-order valence-electron chi connectivity index (χ3n) is 1.91. The van der Waals surface area contributed by atoms with Gasteiger partial charge in [0.05, 0.1) is 12.8 Å². The van der Waals surface area contributed by atoms with E-state index in [4.69, 9.17) is 15.6 Å². The van der Waals surface area contributed by atoms with Crippen molar-refractivity contribution >= 4 is 17.8 Å². The molecule has 17 heavy (non-hydrogen) atoms. The fourth-order valence-electron chi connectivity index (χ4n) is 1.08. The molecule has 0 aliphatic rings. The Labute approximate surface area is 97.0 Å². The molecule has 1 aromatic rings. The SMILES string of the molecule is NC(=O)c1ccc(OC(=O)CCC(=O)O)cc1. The third kappa shape index (κ3) is 4.33. The lowest BCUT2D eigenvalue weighted by Crippen LogP contribution is -2.12. The molecule has 0 radical (unpaired) electrons. The maximum atomic E-state index is 11.2. The Kier molecular flexibility index (Phi) is 4.21. The van der Waals surface area contributed by atoms with Crippen LogP contribution in [0.25, 0.3) is 0 Å². The van der Waals surface area contributed by atoms with Gasteiger partial charge in [0, 0.05) is 5.56 Å². The third-order valence-corrected chi connectivity index (χ3v) is 1.91. The van der Waals surface area contributed by atoms with Crippen molar-refractivity contribution in [2.45, 2.75) is 12.8 Å². The van der Waals surface area contributed by atoms with Crippen LogP contribution in [0.1, 0.15) is 23.2 Å². The number of aliphatic carboxylic acids is 1. The van der Waals surface area contributed by atoms with Crippen LogP contribution in [0.2, 0.25) is 0 Å². The van der Waals surface area contributed by atoms with Gasteiger partial charge in [-0.25, -0.2) is 0 Å². The highest BCUT2D eigenvalue weighted by Gasteiger charge is 2.08. The van der Waals surface area contributed by atoms with Gasteiger partial charge in [0.15, 0.2) is 0 Å². The second-order valence-electron chi connectivity index (χ2n) is 3.26. The highest BCUT2D eigenvalue weighted by Crippen LogP contribution is 2.12. The summed E-state index contributed by atoms with van der Waals surface area (Å²) >= 11 is 0. The van der Waals surface area contributed by atoms with Gasteiger partial charge in [0.2, 0.25) is 5.91 Å². The normalized spacial score (nSPS) is 9.65. The fraction of sp³-hybridized carbons (Fsp3) is 0.182. The molecule has 0 aliphatic carbocycles. The van der Waals surface area contributed by atoms with Gasteiger partial charge in [0.1, 0.15) is 5.75 Å². The molecule has 0 aliphatic heterocycles. The molecule has 0 spiro atoms. The average molecular weight is 237 g/mol. The van der Waals surface area contributed by atoms with E-state index in [9.17, 15) is 14.4 Å². The van der Waals surface area contributed by atoms with Gasteiger partial charge in [0.25, 0.3) is 0 Å². The second-order valence-corrected chi connectivity index (χ2v) is 3.26. The van der Waals surface area contributed by atoms with E-state index in [1.165, 1.54) is 24.3 Å². The summed E-state index contributed by atoms with van der Waals surface area (Å²) in [5.41, 5.74) is 5.34. The van der Waals surface area contributed by atoms with E-state index in [1.54, 1.807) is 0 Å². The minimum atomic E-state index is -1.06. The van der Waals surface area contributed by atoms with Crippen LogP contribution in [0.5, 0.6) is 5.75 Å². The van der Waals surface area contributed by atoms with E-state index in [0.717, 1.165) is 0 Å². The number of hydrogen-bond donors (Lipinski definition) is 2. The Bertz CT molecular complexity index is 438. The largest absolute Gasteiger partial charge is 0.481 e. The molecule has 6 heteroatoms. The van der Waals surface area contributed by atoms with Crippen molar-refractivity contribution < 1.29 is 24.2 Å². The number of carbonyl (C=O) groups is 3. The summed E-state index contributed by atoms with van der Waals surface area (Å²) in [7, 11) is 0. The summed E-state index contributed by atoms with van der Waals surface area (Å²) in [6, 6.07) is 5.67. The van der Waals surface area contributed by atoms with Gasteiger partial charge in [-0.15, -0.1) is 0 Å². The summed E-state index contributed by atoms with van der Waals surface area (Å²) in [6.45, 7) is 0. The Morgan fingerprint density at radius 1 is 1.12 bits per heavy atom. The zero-order valence-corrected chi connectivity index (χ0v) is 8.88. The summed E-state index contributed by atoms with van der Waals surface area (Å²) in [4.78, 5) is 32.1. The first kappa shape index (κ1) is 12.7. The molecule has 3 N–H and O–H groups in total. The summed E-state index contributed by atoms with van der Waals surface area (Å²) in [6.07, 6.45) is -0.481. The van der Waals surface area contributed by atoms with Gasteiger partial charge in [-0.3, -0.25) is 14.4 Å². The molecular weight excluding hydrogens is 226 g/mol. The van der Waals surface area contributed by atoms with Crippen molar-refractivity contribution in [2.75, 3.05) is 0 Å². The molecule has 0 bridgehead atoms. The van der Waals surface area contributed by atoms with Gasteiger partial charge in [-0.05, 0) is 24.3 Å². The molecule has 1 amide bonds. The number of hydrogen-bond acceptors (Lipinski definition) is 4. The van der Waals surface area contributed by atoms with E-state index >= 15 is 0 Å². The lowest BCUT2D eigenvalue weighted by molar-refractivity contribution is -0.142. The molecular formula is C11H11NO5. The number of rotatable bonds is 5. The number of esters is 1. The number of carboxylic acids is 1. The van der Waals surface area contributed by atoms with Crippen molar-refractivity contribution in [1.82, 2.24) is 0 Å². The molecule has 0 unspecified atom stereocenters. The number of ether oxygens (including phenoxy) is 1. The average Bonchev–Trinajstić information content (AvgIpc) is 2.27. The predicted molar refractivity (Wildman–Crippen MR) is 57.5 cm³/mol. The first-order valence-electron chi connectivity index (χ1n) is 4.81. The van der Waals surface area contributed by atoms with Crippen molar-refractivity contribution in [1.29, 1.82) is 0 Å². The van der Waals surface area contributed by atoms with Crippen LogP contribution < -0.4 is 10.5 Å². The van der Waals surface area contributed by atoms with Crippen LogP contribution in [-0.4, -0.2) is 23.0 Å². The Morgan fingerprint density at radius 2 is 1.71 bits per heavy atom. The molecule has 0 heterocycles. The van der Waals surface area contributed by atoms with Crippen LogP contribution in [0.3, 0.4) is 0 Å². The smallest absolute Gasteiger partial charge is 0.311 e. The molecule has 6 nitrogen and oxygen atoms in total. The van der Waals surface area contributed by atoms with Gasteiger partial charge >= 0.3 is 11.9 Å². The Balaban J connectivity index is 2.54. The molecule has 1 rings (SSSR count). The Hall–Kier alpha value is -2.37. The number of primary amides is 1. The second kappa shape index (κ2) is 5.64. The number of nitrogens with two attached hydrogens (primary N) is 1. The number of benzene rings is 1. The number of carboxylic acid groups (broad SMARTS) is 1. The van der Waals surface area contributed by atoms with E-state index in [1.807, 2.05) is 0 Å². The molecule has 0 atom stereocenters. The molecule has 1 aromatic carbocycles. The first-order chi connectivity index (χ1) is 7.99. The zero-order chi connectivity index (χ0) is 12.8. The summed E-state index contributed by atoms with van der Waals surface area (Å²) in [5.74, 6) is -2.04. The maximum Gasteiger partial charge on any atom is 0.311 e. The van der Waals surface area contributed by atoms with Crippen LogP contribution in [0.4, 0.5) is 0 Å². The highest BCUT2D eigenvalue weighted by atomic mass is 16.5. The number of amides is 1. The summed E-state index contributed by atoms with van der Waals surface area (Å²) in [5, 5.41) is 8.37. The quantitative estimate of drug-likeness (QED) is 0.574. The van der Waals surface area contributed by atoms with E-state index in [-0.39, 0.29) is 18.6 Å². The lowest BCUT2D eigenvalue weighted by Gasteiger charge is -2.03. The van der Waals surface area contributed by atoms with Crippen molar-refractivity contribution in [3.63, 3.8) is 0 Å².